The van der Waals surface area contributed by atoms with Crippen LogP contribution >= 0.6 is 0 Å². The zero-order valence-corrected chi connectivity index (χ0v) is 14.6. The standard InChI is InChI=1S/C20H15N3O5/c24-19-17-12-1-2-13(9-12)18(17)20(25)22(19)21-10-15-7-8-16(28-15)11-3-5-14(6-4-11)23(26)27/h1-8,10,12-13,17-18H,9H2/b21-10-/t12-,13-,17-,18-/m0/s1. The molecule has 8 nitrogen and oxygen atoms in total. The first-order valence-corrected chi connectivity index (χ1v) is 8.98. The first-order valence-electron chi connectivity index (χ1n) is 8.98. The van der Waals surface area contributed by atoms with Gasteiger partial charge in [0.15, 0.2) is 0 Å². The molecule has 1 aromatic carbocycles. The third-order valence-electron chi connectivity index (χ3n) is 5.74. The van der Waals surface area contributed by atoms with Crippen molar-refractivity contribution in [3.63, 3.8) is 0 Å². The van der Waals surface area contributed by atoms with Gasteiger partial charge < -0.3 is 4.42 Å². The minimum Gasteiger partial charge on any atom is -0.455 e. The first kappa shape index (κ1) is 16.6. The number of nitro groups is 1. The Hall–Kier alpha value is -3.55. The van der Waals surface area contributed by atoms with E-state index in [9.17, 15) is 19.7 Å². The molecule has 3 aliphatic rings. The van der Waals surface area contributed by atoms with E-state index < -0.39 is 4.92 Å². The molecular weight excluding hydrogens is 362 g/mol. The predicted octanol–water partition coefficient (Wildman–Crippen LogP) is 3.00. The van der Waals surface area contributed by atoms with Gasteiger partial charge in [-0.15, -0.1) is 0 Å². The second-order valence-electron chi connectivity index (χ2n) is 7.24. The van der Waals surface area contributed by atoms with E-state index in [-0.39, 0.29) is 41.2 Å². The van der Waals surface area contributed by atoms with E-state index in [2.05, 4.69) is 5.10 Å². The maximum Gasteiger partial charge on any atom is 0.269 e. The molecule has 0 spiro atoms. The number of hydrogen-bond acceptors (Lipinski definition) is 6. The summed E-state index contributed by atoms with van der Waals surface area (Å²) in [6.07, 6.45) is 6.29. The largest absolute Gasteiger partial charge is 0.455 e. The first-order chi connectivity index (χ1) is 13.5. The molecule has 2 fully saturated rings. The van der Waals surface area contributed by atoms with Gasteiger partial charge in [-0.05, 0) is 42.5 Å². The monoisotopic (exact) mass is 377 g/mol. The fourth-order valence-corrected chi connectivity index (χ4v) is 4.44. The number of allylic oxidation sites excluding steroid dienone is 2. The molecule has 5 rings (SSSR count). The molecule has 2 bridgehead atoms. The molecule has 1 saturated carbocycles. The average Bonchev–Trinajstić information content (AvgIpc) is 3.46. The van der Waals surface area contributed by atoms with Crippen LogP contribution in [0.1, 0.15) is 12.2 Å². The molecule has 4 atom stereocenters. The Morgan fingerprint density at radius 3 is 2.29 bits per heavy atom. The molecule has 140 valence electrons. The molecular formula is C20H15N3O5. The summed E-state index contributed by atoms with van der Waals surface area (Å²) >= 11 is 0. The number of benzene rings is 1. The summed E-state index contributed by atoms with van der Waals surface area (Å²) in [7, 11) is 0. The van der Waals surface area contributed by atoms with Gasteiger partial charge in [0.1, 0.15) is 11.5 Å². The molecule has 0 radical (unpaired) electrons. The van der Waals surface area contributed by atoms with Crippen LogP contribution in [0.25, 0.3) is 11.3 Å². The number of non-ortho nitro benzene ring substituents is 1. The van der Waals surface area contributed by atoms with E-state index in [0.29, 0.717) is 17.1 Å². The summed E-state index contributed by atoms with van der Waals surface area (Å²) in [6.45, 7) is 0. The van der Waals surface area contributed by atoms with Crippen LogP contribution in [0.2, 0.25) is 0 Å². The van der Waals surface area contributed by atoms with Crippen molar-refractivity contribution < 1.29 is 18.9 Å². The van der Waals surface area contributed by atoms with Crippen LogP contribution in [0.5, 0.6) is 0 Å². The van der Waals surface area contributed by atoms with Gasteiger partial charge in [-0.1, -0.05) is 12.2 Å². The molecule has 8 heteroatoms. The van der Waals surface area contributed by atoms with Crippen LogP contribution < -0.4 is 0 Å². The summed E-state index contributed by atoms with van der Waals surface area (Å²) in [6, 6.07) is 9.35. The van der Waals surface area contributed by atoms with E-state index in [1.54, 1.807) is 24.3 Å². The van der Waals surface area contributed by atoms with Crippen LogP contribution in [0, 0.1) is 33.8 Å². The number of amides is 2. The lowest BCUT2D eigenvalue weighted by molar-refractivity contribution is -0.384. The maximum absolute atomic E-state index is 12.6. The highest BCUT2D eigenvalue weighted by molar-refractivity contribution is 6.06. The van der Waals surface area contributed by atoms with Crippen molar-refractivity contribution in [2.45, 2.75) is 6.42 Å². The van der Waals surface area contributed by atoms with Gasteiger partial charge in [-0.2, -0.15) is 10.1 Å². The number of hydrogen-bond donors (Lipinski definition) is 0. The third-order valence-corrected chi connectivity index (χ3v) is 5.74. The van der Waals surface area contributed by atoms with Crippen molar-refractivity contribution in [3.8, 4) is 11.3 Å². The van der Waals surface area contributed by atoms with Crippen molar-refractivity contribution in [2.24, 2.45) is 28.8 Å². The second kappa shape index (κ2) is 5.98. The lowest BCUT2D eigenvalue weighted by atomic mass is 9.85. The topological polar surface area (TPSA) is 106 Å². The Kier molecular flexibility index (Phi) is 3.55. The summed E-state index contributed by atoms with van der Waals surface area (Å²) in [5, 5.41) is 15.8. The highest BCUT2D eigenvalue weighted by atomic mass is 16.6. The van der Waals surface area contributed by atoms with Gasteiger partial charge in [-0.25, -0.2) is 0 Å². The summed E-state index contributed by atoms with van der Waals surface area (Å²) in [4.78, 5) is 35.5. The minimum atomic E-state index is -0.467. The predicted molar refractivity (Wildman–Crippen MR) is 98.0 cm³/mol. The van der Waals surface area contributed by atoms with Crippen LogP contribution in [-0.2, 0) is 9.59 Å². The number of nitrogens with zero attached hydrogens (tertiary/aromatic N) is 3. The number of fused-ring (bicyclic) bond motifs is 5. The Bertz CT molecular complexity index is 1020. The Morgan fingerprint density at radius 1 is 1.04 bits per heavy atom. The number of rotatable bonds is 4. The molecule has 28 heavy (non-hydrogen) atoms. The number of carbonyl (C=O) groups is 2. The molecule has 2 amide bonds. The molecule has 1 aromatic heterocycles. The summed E-state index contributed by atoms with van der Waals surface area (Å²) < 4.78 is 5.67. The Balaban J connectivity index is 1.33. The van der Waals surface area contributed by atoms with Crippen molar-refractivity contribution in [2.75, 3.05) is 0 Å². The fourth-order valence-electron chi connectivity index (χ4n) is 4.44. The maximum atomic E-state index is 12.6. The third kappa shape index (κ3) is 2.41. The average molecular weight is 377 g/mol. The Morgan fingerprint density at radius 2 is 1.68 bits per heavy atom. The molecule has 0 N–H and O–H groups in total. The normalized spacial score (nSPS) is 27.9. The van der Waals surface area contributed by atoms with Crippen molar-refractivity contribution in [1.82, 2.24) is 5.01 Å². The van der Waals surface area contributed by atoms with Crippen LogP contribution in [-0.4, -0.2) is 28.0 Å². The Labute approximate surface area is 159 Å². The summed E-state index contributed by atoms with van der Waals surface area (Å²) in [5.41, 5.74) is 0.674. The zero-order chi connectivity index (χ0) is 19.4. The zero-order valence-electron chi connectivity index (χ0n) is 14.6. The van der Waals surface area contributed by atoms with E-state index >= 15 is 0 Å². The number of furan rings is 1. The number of imide groups is 1. The molecule has 1 saturated heterocycles. The van der Waals surface area contributed by atoms with Crippen LogP contribution in [0.15, 0.2) is 58.1 Å². The van der Waals surface area contributed by atoms with E-state index in [4.69, 9.17) is 4.42 Å². The molecule has 1 aliphatic heterocycles. The SMILES string of the molecule is O=C1[C@@H]2[C@@H](C(=O)N1/N=C\c1ccc(-c3ccc([N+](=O)[O-])cc3)o1)[C@H]1C=C[C@H]2C1. The number of carbonyl (C=O) groups excluding carboxylic acids is 2. The highest BCUT2D eigenvalue weighted by Gasteiger charge is 2.59. The number of hydrazone groups is 1. The van der Waals surface area contributed by atoms with Crippen molar-refractivity contribution >= 4 is 23.7 Å². The van der Waals surface area contributed by atoms with Crippen molar-refractivity contribution in [1.29, 1.82) is 0 Å². The van der Waals surface area contributed by atoms with E-state index in [1.165, 1.54) is 18.3 Å². The van der Waals surface area contributed by atoms with Crippen LogP contribution in [0.4, 0.5) is 5.69 Å². The lowest BCUT2D eigenvalue weighted by Crippen LogP contribution is -2.28. The van der Waals surface area contributed by atoms with Gasteiger partial charge in [0.05, 0.1) is 23.0 Å². The summed E-state index contributed by atoms with van der Waals surface area (Å²) in [5.74, 6) is 0.115. The van der Waals surface area contributed by atoms with Gasteiger partial charge in [0.2, 0.25) is 0 Å². The van der Waals surface area contributed by atoms with Gasteiger partial charge >= 0.3 is 0 Å². The molecule has 0 unspecified atom stereocenters. The van der Waals surface area contributed by atoms with E-state index in [0.717, 1.165) is 11.4 Å². The lowest BCUT2D eigenvalue weighted by Gasteiger charge is -2.13. The van der Waals surface area contributed by atoms with Crippen molar-refractivity contribution in [3.05, 3.63) is 64.4 Å². The molecule has 2 heterocycles. The molecule has 2 aliphatic carbocycles. The van der Waals surface area contributed by atoms with E-state index in [1.807, 2.05) is 12.2 Å². The second-order valence-corrected chi connectivity index (χ2v) is 7.24. The number of nitro benzene ring substituents is 1. The van der Waals surface area contributed by atoms with Gasteiger partial charge in [-0.3, -0.25) is 19.7 Å². The van der Waals surface area contributed by atoms with Crippen LogP contribution in [0.3, 0.4) is 0 Å². The highest BCUT2D eigenvalue weighted by Crippen LogP contribution is 2.52. The van der Waals surface area contributed by atoms with Gasteiger partial charge in [0, 0.05) is 17.7 Å². The minimum absolute atomic E-state index is 0.00263. The fraction of sp³-hybridized carbons (Fsp3) is 0.250. The van der Waals surface area contributed by atoms with Gasteiger partial charge in [0.25, 0.3) is 17.5 Å². The molecule has 2 aromatic rings. The quantitative estimate of drug-likeness (QED) is 0.268. The smallest absolute Gasteiger partial charge is 0.269 e.